The number of nitrogens with zero attached hydrogens (tertiary/aromatic N) is 4. The van der Waals surface area contributed by atoms with Crippen LogP contribution in [0.3, 0.4) is 0 Å². The van der Waals surface area contributed by atoms with Crippen LogP contribution in [-0.4, -0.2) is 22.2 Å². The van der Waals surface area contributed by atoms with E-state index < -0.39 is 8.07 Å². The van der Waals surface area contributed by atoms with E-state index in [4.69, 9.17) is 14.1 Å². The smallest absolute Gasteiger partial charge is 0.268 e. The molecule has 0 aliphatic carbocycles. The average molecular weight is 1350 g/mol. The second kappa shape index (κ2) is 21.7. The van der Waals surface area contributed by atoms with Crippen molar-refractivity contribution in [3.63, 3.8) is 0 Å². The molecule has 0 spiro atoms. The summed E-state index contributed by atoms with van der Waals surface area (Å²) in [5, 5.41) is 9.58. The third kappa shape index (κ3) is 8.78. The Morgan fingerprint density at radius 2 is 1.00 bits per heavy atom. The number of ether oxygens (including phenoxy) is 1. The fourth-order valence-corrected chi connectivity index (χ4v) is 18.8. The van der Waals surface area contributed by atoms with Crippen LogP contribution in [0.4, 0.5) is 0 Å². The van der Waals surface area contributed by atoms with Crippen molar-refractivity contribution < 1.29 is 34.8 Å². The minimum Gasteiger partial charge on any atom is -0.510 e. The van der Waals surface area contributed by atoms with Crippen LogP contribution in [0.25, 0.3) is 116 Å². The number of benzene rings is 12. The van der Waals surface area contributed by atoms with Gasteiger partial charge in [-0.2, -0.15) is 18.2 Å². The van der Waals surface area contributed by atoms with E-state index in [1.165, 1.54) is 26.3 Å². The van der Waals surface area contributed by atoms with Crippen molar-refractivity contribution in [3.05, 3.63) is 309 Å². The Labute approximate surface area is 537 Å². The van der Waals surface area contributed by atoms with Gasteiger partial charge in [-0.3, -0.25) is 4.57 Å². The fourth-order valence-electron chi connectivity index (χ4n) is 14.0. The molecular formula is C82H56N4O2PtSi-2. The van der Waals surface area contributed by atoms with Gasteiger partial charge in [0.25, 0.3) is 6.33 Å². The van der Waals surface area contributed by atoms with Gasteiger partial charge in [0, 0.05) is 55.1 Å². The number of rotatable bonds is 9. The summed E-state index contributed by atoms with van der Waals surface area (Å²) in [5.41, 5.74) is 17.4. The first-order valence-electron chi connectivity index (χ1n) is 30.3. The van der Waals surface area contributed by atoms with Crippen LogP contribution >= 0.6 is 0 Å². The summed E-state index contributed by atoms with van der Waals surface area (Å²) in [6, 6.07) is 108. The molecule has 1 aliphatic rings. The van der Waals surface area contributed by atoms with Crippen molar-refractivity contribution in [1.82, 2.24) is 14.1 Å². The van der Waals surface area contributed by atoms with Gasteiger partial charge in [0.1, 0.15) is 17.0 Å². The zero-order valence-corrected chi connectivity index (χ0v) is 52.8. The van der Waals surface area contributed by atoms with Gasteiger partial charge in [-0.05, 0) is 124 Å². The predicted molar refractivity (Wildman–Crippen MR) is 365 cm³/mol. The number of imidazole rings is 1. The second-order valence-electron chi connectivity index (χ2n) is 24.2. The molecule has 4 aromatic heterocycles. The maximum Gasteiger partial charge on any atom is 0.268 e. The Hall–Kier alpha value is -10.4. The topological polar surface area (TPSA) is 49.0 Å². The SMILES string of the molecule is CC(C)(C)c1ccnc(-n2c3[c-]c(Oc4[c-]c(-n5[c-][n+]6c7c(cccc75)-c5ccccc5-c5ccccc5-c5cccc(-c7ccc8oc9ccc([Si](c%10ccccc%10)(c%10ccccc%10)c%10ccccc%10)cc9c8c7)c5-6)ccc4)ccc3c3ccccc32)c1.[Pt]. The molecule has 16 aromatic rings. The number of hydrogen-bond donors (Lipinski definition) is 0. The first kappa shape index (κ1) is 54.9. The van der Waals surface area contributed by atoms with Crippen molar-refractivity contribution in [2.75, 3.05) is 0 Å². The Balaban J connectivity index is 0.00000649. The van der Waals surface area contributed by atoms with Crippen molar-refractivity contribution in [2.45, 2.75) is 26.2 Å². The molecule has 0 bridgehead atoms. The van der Waals surface area contributed by atoms with Crippen LogP contribution in [0.5, 0.6) is 11.5 Å². The number of pyridine rings is 1. The molecule has 0 saturated heterocycles. The molecule has 0 unspecified atom stereocenters. The van der Waals surface area contributed by atoms with E-state index in [2.05, 4.69) is 314 Å². The quantitative estimate of drug-likeness (QED) is 0.0626. The van der Waals surface area contributed by atoms with Crippen LogP contribution in [-0.2, 0) is 26.5 Å². The van der Waals surface area contributed by atoms with Crippen molar-refractivity contribution in [1.29, 1.82) is 0 Å². The summed E-state index contributed by atoms with van der Waals surface area (Å²) in [4.78, 5) is 4.92. The van der Waals surface area contributed by atoms with Crippen LogP contribution in [0.1, 0.15) is 26.3 Å². The van der Waals surface area contributed by atoms with Gasteiger partial charge in [-0.1, -0.05) is 239 Å². The second-order valence-corrected chi connectivity index (χ2v) is 28.0. The molecule has 12 aromatic carbocycles. The minimum absolute atomic E-state index is 0. The Bertz CT molecular complexity index is 5370. The zero-order chi connectivity index (χ0) is 59.4. The normalized spacial score (nSPS) is 12.1. The van der Waals surface area contributed by atoms with Gasteiger partial charge in [0.15, 0.2) is 8.07 Å². The maximum atomic E-state index is 6.84. The molecule has 0 N–H and O–H groups in total. The standard InChI is InChI=1S/C82H56N4O2Si.Pt/c1-82(2,3)55-46-47-83-79(49-55)86-74-38-18-17-34-68(74)69-43-41-58(51-76(69)86)87-57-23-19-22-56(50-57)84-53-85-80-63(35-20-36-70(80)66-32-15-13-30-64(66)65-31-14-16-33-67(65)71-37-21-39-75(84)81(71)85)54-40-44-77-72(48-54)73-52-62(42-45-78(73)88-77)89(59-24-7-4-8-25-59,60-26-9-5-10-27-60)61-28-11-6-12-29-61;/h4-49,52H,1-3H3;/q-2;. The van der Waals surface area contributed by atoms with Crippen LogP contribution in [0, 0.1) is 18.5 Å². The first-order chi connectivity index (χ1) is 43.8. The Morgan fingerprint density at radius 3 is 1.70 bits per heavy atom. The van der Waals surface area contributed by atoms with E-state index in [0.29, 0.717) is 11.5 Å². The molecule has 0 fully saturated rings. The van der Waals surface area contributed by atoms with E-state index >= 15 is 0 Å². The van der Waals surface area contributed by atoms with Crippen molar-refractivity contribution >= 4 is 83.6 Å². The zero-order valence-electron chi connectivity index (χ0n) is 49.6. The molecule has 90 heavy (non-hydrogen) atoms. The summed E-state index contributed by atoms with van der Waals surface area (Å²) >= 11 is 0. The van der Waals surface area contributed by atoms with E-state index in [-0.39, 0.29) is 26.5 Å². The maximum absolute atomic E-state index is 6.84. The molecule has 432 valence electrons. The predicted octanol–water partition coefficient (Wildman–Crippen LogP) is 17.1. The first-order valence-corrected chi connectivity index (χ1v) is 32.3. The molecule has 0 radical (unpaired) electrons. The monoisotopic (exact) mass is 1350 g/mol. The van der Waals surface area contributed by atoms with Gasteiger partial charge in [0.2, 0.25) is 0 Å². The third-order valence-electron chi connectivity index (χ3n) is 18.1. The van der Waals surface area contributed by atoms with E-state index in [1.807, 2.05) is 24.4 Å². The molecule has 8 heteroatoms. The van der Waals surface area contributed by atoms with Gasteiger partial charge in [-0.15, -0.1) is 29.7 Å². The summed E-state index contributed by atoms with van der Waals surface area (Å²) in [7, 11) is -2.86. The molecule has 0 saturated carbocycles. The largest absolute Gasteiger partial charge is 0.510 e. The third-order valence-corrected chi connectivity index (χ3v) is 22.9. The molecule has 0 amide bonds. The Morgan fingerprint density at radius 1 is 0.444 bits per heavy atom. The molecule has 5 heterocycles. The van der Waals surface area contributed by atoms with Crippen LogP contribution in [0.2, 0.25) is 0 Å². The number of fused-ring (bicyclic) bond motifs is 13. The number of hydrogen-bond acceptors (Lipinski definition) is 3. The molecule has 1 aliphatic heterocycles. The summed E-state index contributed by atoms with van der Waals surface area (Å²) in [6.07, 6.45) is 5.89. The average Bonchev–Trinajstić information content (AvgIpc) is 1.40. The van der Waals surface area contributed by atoms with Crippen LogP contribution in [0.15, 0.2) is 290 Å². The van der Waals surface area contributed by atoms with Gasteiger partial charge in [0.05, 0.1) is 16.7 Å². The van der Waals surface area contributed by atoms with E-state index in [1.54, 1.807) is 0 Å². The van der Waals surface area contributed by atoms with E-state index in [9.17, 15) is 0 Å². The number of para-hydroxylation sites is 3. The van der Waals surface area contributed by atoms with Crippen molar-refractivity contribution in [3.8, 4) is 73.2 Å². The molecule has 17 rings (SSSR count). The van der Waals surface area contributed by atoms with Crippen molar-refractivity contribution in [2.24, 2.45) is 0 Å². The molecule has 0 atom stereocenters. The van der Waals surface area contributed by atoms with Crippen LogP contribution < -0.4 is 30.1 Å². The Kier molecular flexibility index (Phi) is 13.2. The summed E-state index contributed by atoms with van der Waals surface area (Å²) in [5.74, 6) is 1.95. The fraction of sp³-hybridized carbons (Fsp3) is 0.0488. The molecular weight excluding hydrogens is 1300 g/mol. The van der Waals surface area contributed by atoms with Gasteiger partial charge < -0.3 is 18.3 Å². The minimum atomic E-state index is -2.86. The van der Waals surface area contributed by atoms with Gasteiger partial charge >= 0.3 is 0 Å². The number of furan rings is 1. The van der Waals surface area contributed by atoms with Gasteiger partial charge in [-0.25, -0.2) is 4.98 Å². The van der Waals surface area contributed by atoms with E-state index in [0.717, 1.165) is 116 Å². The summed E-state index contributed by atoms with van der Waals surface area (Å²) < 4.78 is 20.3. The summed E-state index contributed by atoms with van der Waals surface area (Å²) in [6.45, 7) is 6.69. The molecule has 6 nitrogen and oxygen atoms in total. The number of aromatic nitrogens is 4.